The zero-order valence-electron chi connectivity index (χ0n) is 34.7. The van der Waals surface area contributed by atoms with Crippen molar-refractivity contribution in [3.63, 3.8) is 0 Å². The normalized spacial score (nSPS) is 16.5. The molecule has 3 aliphatic rings. The van der Waals surface area contributed by atoms with Gasteiger partial charge in [-0.25, -0.2) is 4.79 Å². The number of anilines is 3. The first-order valence-electron chi connectivity index (χ1n) is 20.9. The number of alkyl halides is 1. The maximum absolute atomic E-state index is 14.4. The SMILES string of the molecule is Cc1csc2c(OC(=O)N3CCN(C)CC3)cc3c(c12)C(CCl)CN3C(=O)c1cc2cc(NC(=O)c3cc4cc(NC(=O)CCCCCN5C(=O)C=CC5=O)ccc4[nH]3)ccc2[nH]1. The van der Waals surface area contributed by atoms with Gasteiger partial charge in [-0.3, -0.25) is 28.9 Å². The van der Waals surface area contributed by atoms with Gasteiger partial charge >= 0.3 is 6.09 Å². The molecular weight excluding hydrogens is 844 g/mol. The van der Waals surface area contributed by atoms with E-state index in [1.165, 1.54) is 28.4 Å². The number of aromatic amines is 2. The molecule has 3 aromatic carbocycles. The van der Waals surface area contributed by atoms with E-state index in [9.17, 15) is 28.8 Å². The molecule has 9 rings (SSSR count). The predicted molar refractivity (Wildman–Crippen MR) is 244 cm³/mol. The molecule has 63 heavy (non-hydrogen) atoms. The highest BCUT2D eigenvalue weighted by molar-refractivity contribution is 7.17. The van der Waals surface area contributed by atoms with Crippen molar-refractivity contribution in [2.24, 2.45) is 0 Å². The summed E-state index contributed by atoms with van der Waals surface area (Å²) >= 11 is 8.07. The average Bonchev–Trinajstić information content (AvgIpc) is 4.11. The van der Waals surface area contributed by atoms with Crippen molar-refractivity contribution in [3.8, 4) is 5.75 Å². The van der Waals surface area contributed by atoms with Crippen molar-refractivity contribution in [1.29, 1.82) is 0 Å². The lowest BCUT2D eigenvalue weighted by Crippen LogP contribution is -2.48. The number of rotatable bonds is 12. The molecule has 4 N–H and O–H groups in total. The second-order valence-corrected chi connectivity index (χ2v) is 17.5. The molecule has 324 valence electrons. The fourth-order valence-corrected chi connectivity index (χ4v) is 9.82. The predicted octanol–water partition coefficient (Wildman–Crippen LogP) is 7.58. The fourth-order valence-electron chi connectivity index (χ4n) is 8.55. The number of hydrogen-bond acceptors (Lipinski definition) is 9. The van der Waals surface area contributed by atoms with Crippen LogP contribution in [-0.4, -0.2) is 112 Å². The molecule has 3 aromatic heterocycles. The average molecular weight is 889 g/mol. The van der Waals surface area contributed by atoms with Crippen LogP contribution in [0.15, 0.2) is 72.1 Å². The maximum atomic E-state index is 14.4. The second-order valence-electron chi connectivity index (χ2n) is 16.3. The number of aryl methyl sites for hydroxylation is 1. The number of unbranched alkanes of at least 4 members (excludes halogenated alkanes) is 2. The lowest BCUT2D eigenvalue weighted by atomic mass is 9.97. The van der Waals surface area contributed by atoms with Gasteiger partial charge in [-0.2, -0.15) is 0 Å². The van der Waals surface area contributed by atoms with Crippen molar-refractivity contribution in [2.75, 3.05) is 67.7 Å². The Morgan fingerprint density at radius 1 is 0.841 bits per heavy atom. The Morgan fingerprint density at radius 3 is 2.21 bits per heavy atom. The zero-order valence-corrected chi connectivity index (χ0v) is 36.3. The first kappa shape index (κ1) is 41.8. The van der Waals surface area contributed by atoms with E-state index in [0.29, 0.717) is 91.0 Å². The first-order valence-corrected chi connectivity index (χ1v) is 22.3. The molecule has 1 unspecified atom stereocenters. The van der Waals surface area contributed by atoms with Crippen LogP contribution in [0, 0.1) is 6.92 Å². The largest absolute Gasteiger partial charge is 0.415 e. The highest BCUT2D eigenvalue weighted by atomic mass is 35.5. The lowest BCUT2D eigenvalue weighted by molar-refractivity contribution is -0.136. The summed E-state index contributed by atoms with van der Waals surface area (Å²) in [6, 6.07) is 16.0. The van der Waals surface area contributed by atoms with E-state index in [1.807, 2.05) is 25.4 Å². The van der Waals surface area contributed by atoms with Gasteiger partial charge in [-0.05, 0) is 91.9 Å². The molecular formula is C46H45ClN8O7S. The van der Waals surface area contributed by atoms with Crippen LogP contribution in [-0.2, 0) is 14.4 Å². The van der Waals surface area contributed by atoms with Crippen LogP contribution < -0.4 is 20.3 Å². The number of benzene rings is 3. The van der Waals surface area contributed by atoms with Gasteiger partial charge in [0.15, 0.2) is 5.75 Å². The number of imide groups is 1. The summed E-state index contributed by atoms with van der Waals surface area (Å²) in [6.07, 6.45) is 4.33. The van der Waals surface area contributed by atoms with Gasteiger partial charge in [-0.15, -0.1) is 22.9 Å². The summed E-state index contributed by atoms with van der Waals surface area (Å²) in [4.78, 5) is 90.4. The number of likely N-dealkylation sites (N-methyl/N-ethyl adjacent to an activating group) is 1. The minimum atomic E-state index is -0.411. The summed E-state index contributed by atoms with van der Waals surface area (Å²) in [6.45, 7) is 5.39. The van der Waals surface area contributed by atoms with Gasteiger partial charge in [0.2, 0.25) is 5.91 Å². The van der Waals surface area contributed by atoms with Crippen molar-refractivity contribution in [1.82, 2.24) is 24.7 Å². The van der Waals surface area contributed by atoms with E-state index in [1.54, 1.807) is 58.3 Å². The van der Waals surface area contributed by atoms with Crippen molar-refractivity contribution in [3.05, 3.63) is 94.6 Å². The Hall–Kier alpha value is -6.49. The van der Waals surface area contributed by atoms with E-state index in [0.717, 1.165) is 50.6 Å². The number of fused-ring (bicyclic) bond motifs is 5. The van der Waals surface area contributed by atoms with E-state index < -0.39 is 6.09 Å². The minimum absolute atomic E-state index is 0.126. The van der Waals surface area contributed by atoms with Gasteiger partial charge in [-0.1, -0.05) is 6.42 Å². The molecule has 1 atom stereocenters. The van der Waals surface area contributed by atoms with Crippen molar-refractivity contribution < 1.29 is 33.5 Å². The van der Waals surface area contributed by atoms with E-state index in [4.69, 9.17) is 16.3 Å². The molecule has 15 nitrogen and oxygen atoms in total. The Balaban J connectivity index is 0.856. The van der Waals surface area contributed by atoms with Crippen LogP contribution in [0.25, 0.3) is 31.9 Å². The smallest absolute Gasteiger partial charge is 0.409 e. The van der Waals surface area contributed by atoms with Crippen LogP contribution in [0.5, 0.6) is 5.75 Å². The Morgan fingerprint density at radius 2 is 1.51 bits per heavy atom. The quantitative estimate of drug-likeness (QED) is 0.0552. The van der Waals surface area contributed by atoms with E-state index in [-0.39, 0.29) is 41.9 Å². The number of H-pyrrole nitrogens is 2. The third-order valence-corrected chi connectivity index (χ3v) is 13.4. The maximum Gasteiger partial charge on any atom is 0.415 e. The Labute approximate surface area is 370 Å². The number of nitrogens with one attached hydrogen (secondary N) is 4. The molecule has 0 aliphatic carbocycles. The van der Waals surface area contributed by atoms with Crippen LogP contribution in [0.1, 0.15) is 63.7 Å². The number of amides is 6. The number of piperazine rings is 1. The molecule has 6 aromatic rings. The van der Waals surface area contributed by atoms with Crippen LogP contribution >= 0.6 is 22.9 Å². The van der Waals surface area contributed by atoms with Gasteiger partial charge < -0.3 is 40.0 Å². The van der Waals surface area contributed by atoms with Crippen LogP contribution in [0.3, 0.4) is 0 Å². The number of halogens is 1. The standard InChI is InChI=1S/C46H45ClN8O7S/c1-26-25-63-43-37(62-46(61)53-16-14-52(2)15-17-53)22-36-42(41(26)43)29(23-47)24-55(36)45(60)35-21-28-19-31(8-10-33(28)51-35)49-44(59)34-20-27-18-30(7-9-32(27)50-34)48-38(56)6-4-3-5-13-54-39(57)11-12-40(54)58/h7-12,18-22,25,29,50-51H,3-6,13-17,23-24H2,1-2H3,(H,48,56)(H,49,59). The molecule has 1 saturated heterocycles. The van der Waals surface area contributed by atoms with E-state index >= 15 is 0 Å². The molecule has 0 spiro atoms. The summed E-state index contributed by atoms with van der Waals surface area (Å²) < 4.78 is 6.92. The number of carbonyl (C=O) groups is 6. The number of nitrogens with zero attached hydrogens (tertiary/aromatic N) is 4. The van der Waals surface area contributed by atoms with Crippen LogP contribution in [0.2, 0.25) is 0 Å². The third kappa shape index (κ3) is 8.41. The molecule has 1 fully saturated rings. The number of aromatic nitrogens is 2. The summed E-state index contributed by atoms with van der Waals surface area (Å²) in [5.41, 5.74) is 5.91. The molecule has 17 heteroatoms. The van der Waals surface area contributed by atoms with Crippen molar-refractivity contribution >= 4 is 108 Å². The molecule has 6 heterocycles. The summed E-state index contributed by atoms with van der Waals surface area (Å²) in [5.74, 6) is -0.785. The highest BCUT2D eigenvalue weighted by Crippen LogP contribution is 2.49. The number of hydrogen-bond donors (Lipinski definition) is 4. The zero-order chi connectivity index (χ0) is 43.9. The first-order chi connectivity index (χ1) is 30.4. The Kier molecular flexibility index (Phi) is 11.5. The monoisotopic (exact) mass is 888 g/mol. The number of ether oxygens (including phenoxy) is 1. The molecule has 0 bridgehead atoms. The highest BCUT2D eigenvalue weighted by Gasteiger charge is 2.37. The number of thiophene rings is 1. The summed E-state index contributed by atoms with van der Waals surface area (Å²) in [7, 11) is 2.03. The minimum Gasteiger partial charge on any atom is -0.409 e. The van der Waals surface area contributed by atoms with Crippen molar-refractivity contribution in [2.45, 2.75) is 38.5 Å². The van der Waals surface area contributed by atoms with Gasteiger partial charge in [0.25, 0.3) is 23.6 Å². The molecule has 0 radical (unpaired) electrons. The molecule has 0 saturated carbocycles. The second kappa shape index (κ2) is 17.3. The Bertz CT molecular complexity index is 2850. The molecule has 3 aliphatic heterocycles. The summed E-state index contributed by atoms with van der Waals surface area (Å²) in [5, 5.41) is 10.3. The third-order valence-electron chi connectivity index (χ3n) is 11.9. The van der Waals surface area contributed by atoms with Gasteiger partial charge in [0, 0.05) is 114 Å². The van der Waals surface area contributed by atoms with Gasteiger partial charge in [0.1, 0.15) is 11.4 Å². The fraction of sp³-hybridized carbons (Fsp3) is 0.304. The van der Waals surface area contributed by atoms with Crippen LogP contribution in [0.4, 0.5) is 21.9 Å². The number of carbonyl (C=O) groups excluding carboxylic acids is 6. The molecule has 6 amide bonds. The van der Waals surface area contributed by atoms with Gasteiger partial charge in [0.05, 0.1) is 10.4 Å². The topological polar surface area (TPSA) is 180 Å². The lowest BCUT2D eigenvalue weighted by Gasteiger charge is -2.31. The van der Waals surface area contributed by atoms with E-state index in [2.05, 4.69) is 25.5 Å².